The highest BCUT2D eigenvalue weighted by molar-refractivity contribution is 4.89. The van der Waals surface area contributed by atoms with Gasteiger partial charge in [-0.05, 0) is 37.5 Å². The first kappa shape index (κ1) is 7.53. The molecule has 2 fully saturated rings. The number of fused-ring (bicyclic) bond motifs is 2. The maximum absolute atomic E-state index is 13.4. The van der Waals surface area contributed by atoms with Crippen molar-refractivity contribution < 1.29 is 9.50 Å². The van der Waals surface area contributed by atoms with Crippen LogP contribution in [0.1, 0.15) is 32.1 Å². The summed E-state index contributed by atoms with van der Waals surface area (Å²) in [6, 6.07) is 0. The molecule has 0 radical (unpaired) electrons. The Morgan fingerprint density at radius 1 is 1.09 bits per heavy atom. The molecule has 0 unspecified atom stereocenters. The van der Waals surface area contributed by atoms with Crippen LogP contribution in [0, 0.1) is 11.8 Å². The summed E-state index contributed by atoms with van der Waals surface area (Å²) in [6.07, 6.45) is 3.76. The molecule has 2 atom stereocenters. The summed E-state index contributed by atoms with van der Waals surface area (Å²) in [5.74, 6) is 0.356. The first-order valence-corrected chi connectivity index (χ1v) is 4.59. The minimum Gasteiger partial charge on any atom is -0.393 e. The van der Waals surface area contributed by atoms with Gasteiger partial charge in [0.25, 0.3) is 0 Å². The number of hydrogen-bond donors (Lipinski definition) is 1. The molecule has 11 heavy (non-hydrogen) atoms. The quantitative estimate of drug-likeness (QED) is 0.571. The Morgan fingerprint density at radius 3 is 2.18 bits per heavy atom. The van der Waals surface area contributed by atoms with Gasteiger partial charge in [-0.25, -0.2) is 4.39 Å². The van der Waals surface area contributed by atoms with Gasteiger partial charge in [-0.1, -0.05) is 6.42 Å². The van der Waals surface area contributed by atoms with Crippen LogP contribution >= 0.6 is 0 Å². The van der Waals surface area contributed by atoms with E-state index in [1.165, 1.54) is 6.42 Å². The van der Waals surface area contributed by atoms with Gasteiger partial charge in [-0.15, -0.1) is 0 Å². The first-order chi connectivity index (χ1) is 5.27. The molecule has 2 aliphatic rings. The second-order valence-corrected chi connectivity index (χ2v) is 4.02. The third-order valence-corrected chi connectivity index (χ3v) is 3.20. The zero-order valence-electron chi connectivity index (χ0n) is 6.67. The minimum atomic E-state index is -0.604. The van der Waals surface area contributed by atoms with Gasteiger partial charge < -0.3 is 5.11 Å². The van der Waals surface area contributed by atoms with Crippen molar-refractivity contribution in [1.82, 2.24) is 0 Å². The number of alkyl halides is 1. The van der Waals surface area contributed by atoms with E-state index in [9.17, 15) is 9.50 Å². The molecule has 64 valence electrons. The smallest absolute Gasteiger partial charge is 0.106 e. The molecule has 0 aromatic heterocycles. The third kappa shape index (κ3) is 1.28. The van der Waals surface area contributed by atoms with E-state index in [1.807, 2.05) is 0 Å². The second kappa shape index (κ2) is 2.74. The highest BCUT2D eigenvalue weighted by Crippen LogP contribution is 2.41. The highest BCUT2D eigenvalue weighted by atomic mass is 19.1. The fourth-order valence-corrected chi connectivity index (χ4v) is 2.64. The topological polar surface area (TPSA) is 20.2 Å². The van der Waals surface area contributed by atoms with Gasteiger partial charge in [0, 0.05) is 0 Å². The first-order valence-electron chi connectivity index (χ1n) is 4.59. The summed E-state index contributed by atoms with van der Waals surface area (Å²) in [7, 11) is 0. The Kier molecular flexibility index (Phi) is 1.88. The van der Waals surface area contributed by atoms with E-state index >= 15 is 0 Å². The van der Waals surface area contributed by atoms with Gasteiger partial charge in [0.1, 0.15) is 6.17 Å². The van der Waals surface area contributed by atoms with Crippen LogP contribution in [0.15, 0.2) is 0 Å². The van der Waals surface area contributed by atoms with Crippen LogP contribution in [0.3, 0.4) is 0 Å². The lowest BCUT2D eigenvalue weighted by molar-refractivity contribution is -0.0189. The fraction of sp³-hybridized carbons (Fsp3) is 1.00. The molecular formula is C9H15FO. The molecule has 0 spiro atoms. The molecule has 0 heterocycles. The van der Waals surface area contributed by atoms with Crippen molar-refractivity contribution in [3.8, 4) is 0 Å². The van der Waals surface area contributed by atoms with Crippen molar-refractivity contribution in [2.75, 3.05) is 0 Å². The normalized spacial score (nSPS) is 50.7. The molecule has 2 heteroatoms. The van der Waals surface area contributed by atoms with Gasteiger partial charge in [0.05, 0.1) is 6.10 Å². The number of rotatable bonds is 0. The van der Waals surface area contributed by atoms with Crippen molar-refractivity contribution in [2.24, 2.45) is 11.8 Å². The molecule has 1 nitrogen and oxygen atoms in total. The largest absolute Gasteiger partial charge is 0.393 e. The summed E-state index contributed by atoms with van der Waals surface area (Å²) in [5.41, 5.74) is 0. The Labute approximate surface area is 66.6 Å². The maximum Gasteiger partial charge on any atom is 0.106 e. The van der Waals surface area contributed by atoms with Crippen LogP contribution in [0.5, 0.6) is 0 Å². The average molecular weight is 158 g/mol. The number of aliphatic hydroxyl groups excluding tert-OH is 1. The Morgan fingerprint density at radius 2 is 1.64 bits per heavy atom. The monoisotopic (exact) mass is 158 g/mol. The fourth-order valence-electron chi connectivity index (χ4n) is 2.64. The van der Waals surface area contributed by atoms with Crippen LogP contribution in [0.2, 0.25) is 0 Å². The maximum atomic E-state index is 13.4. The summed E-state index contributed by atoms with van der Waals surface area (Å²) in [6.45, 7) is 0. The van der Waals surface area contributed by atoms with Gasteiger partial charge in [-0.2, -0.15) is 0 Å². The third-order valence-electron chi connectivity index (χ3n) is 3.20. The molecule has 0 aliphatic heterocycles. The molecule has 0 amide bonds. The summed E-state index contributed by atoms with van der Waals surface area (Å²) < 4.78 is 13.4. The average Bonchev–Trinajstić information content (AvgIpc) is 1.92. The number of aliphatic hydroxyl groups is 1. The lowest BCUT2D eigenvalue weighted by Gasteiger charge is -2.40. The minimum absolute atomic E-state index is 0.178. The summed E-state index contributed by atoms with van der Waals surface area (Å²) >= 11 is 0. The Balaban J connectivity index is 2.07. The van der Waals surface area contributed by atoms with Crippen LogP contribution in [0.4, 0.5) is 4.39 Å². The molecule has 2 rings (SSSR count). The zero-order chi connectivity index (χ0) is 7.84. The van der Waals surface area contributed by atoms with E-state index in [2.05, 4.69) is 0 Å². The molecule has 2 aliphatic carbocycles. The van der Waals surface area contributed by atoms with Crippen molar-refractivity contribution in [1.29, 1.82) is 0 Å². The van der Waals surface area contributed by atoms with E-state index in [-0.39, 0.29) is 17.9 Å². The van der Waals surface area contributed by atoms with Crippen molar-refractivity contribution >= 4 is 0 Å². The van der Waals surface area contributed by atoms with E-state index in [4.69, 9.17) is 0 Å². The number of halogens is 1. The van der Waals surface area contributed by atoms with E-state index in [0.29, 0.717) is 12.8 Å². The van der Waals surface area contributed by atoms with Crippen molar-refractivity contribution in [2.45, 2.75) is 44.4 Å². The lowest BCUT2D eigenvalue weighted by atomic mass is 9.70. The molecule has 2 bridgehead atoms. The van der Waals surface area contributed by atoms with Crippen LogP contribution in [0.25, 0.3) is 0 Å². The van der Waals surface area contributed by atoms with E-state index in [1.54, 1.807) is 0 Å². The molecule has 0 aromatic carbocycles. The number of hydrogen-bond acceptors (Lipinski definition) is 1. The van der Waals surface area contributed by atoms with Crippen molar-refractivity contribution in [3.05, 3.63) is 0 Å². The molecule has 0 saturated heterocycles. The SMILES string of the molecule is OC1C[C@H]2CCC[C@H](C1)C2F. The predicted molar refractivity (Wildman–Crippen MR) is 41.0 cm³/mol. The molecule has 1 N–H and O–H groups in total. The van der Waals surface area contributed by atoms with Crippen LogP contribution in [-0.4, -0.2) is 17.4 Å². The van der Waals surface area contributed by atoms with Gasteiger partial charge in [0.2, 0.25) is 0 Å². The summed E-state index contributed by atoms with van der Waals surface area (Å²) in [4.78, 5) is 0. The summed E-state index contributed by atoms with van der Waals surface area (Å²) in [5, 5.41) is 9.37. The van der Waals surface area contributed by atoms with Gasteiger partial charge in [-0.3, -0.25) is 0 Å². The van der Waals surface area contributed by atoms with E-state index < -0.39 is 6.17 Å². The molecular weight excluding hydrogens is 143 g/mol. The lowest BCUT2D eigenvalue weighted by Crippen LogP contribution is -2.39. The Hall–Kier alpha value is -0.110. The van der Waals surface area contributed by atoms with Crippen LogP contribution < -0.4 is 0 Å². The van der Waals surface area contributed by atoms with Gasteiger partial charge >= 0.3 is 0 Å². The molecule has 2 saturated carbocycles. The Bertz CT molecular complexity index is 134. The van der Waals surface area contributed by atoms with Crippen molar-refractivity contribution in [3.63, 3.8) is 0 Å². The molecule has 0 aromatic rings. The second-order valence-electron chi connectivity index (χ2n) is 4.02. The van der Waals surface area contributed by atoms with E-state index in [0.717, 1.165) is 12.8 Å². The zero-order valence-corrected chi connectivity index (χ0v) is 6.67. The van der Waals surface area contributed by atoms with Crippen LogP contribution in [-0.2, 0) is 0 Å². The van der Waals surface area contributed by atoms with Gasteiger partial charge in [0.15, 0.2) is 0 Å². The standard InChI is InChI=1S/C9H15FO/c10-9-6-2-1-3-7(9)5-8(11)4-6/h6-9,11H,1-5H2/t6-,7-,8?,9?/m1/s1. The highest BCUT2D eigenvalue weighted by Gasteiger charge is 2.39. The predicted octanol–water partition coefficient (Wildman–Crippen LogP) is 1.90.